The average Bonchev–Trinajstić information content (AvgIpc) is 2.74. The first-order valence-corrected chi connectivity index (χ1v) is 5.48. The summed E-state index contributed by atoms with van der Waals surface area (Å²) in [6.45, 7) is 0. The smallest absolute Gasteiger partial charge is 0.306 e. The number of rotatable bonds is 2. The van der Waals surface area contributed by atoms with Crippen LogP contribution in [0.15, 0.2) is 0 Å². The van der Waals surface area contributed by atoms with Crippen LogP contribution in [-0.2, 0) is 9.59 Å². The van der Waals surface area contributed by atoms with Gasteiger partial charge in [-0.2, -0.15) is 0 Å². The Labute approximate surface area is 88.3 Å². The molecule has 2 aliphatic carbocycles. The maximum Gasteiger partial charge on any atom is 0.306 e. The van der Waals surface area contributed by atoms with Crippen molar-refractivity contribution in [2.45, 2.75) is 38.5 Å². The Hall–Kier alpha value is -1.06. The third-order valence-corrected chi connectivity index (χ3v) is 4.10. The van der Waals surface area contributed by atoms with Crippen LogP contribution in [0.1, 0.15) is 38.5 Å². The fourth-order valence-electron chi connectivity index (χ4n) is 3.25. The van der Waals surface area contributed by atoms with Crippen molar-refractivity contribution >= 4 is 11.9 Å². The Morgan fingerprint density at radius 2 is 1.33 bits per heavy atom. The molecule has 2 atom stereocenters. The molecule has 0 amide bonds. The van der Waals surface area contributed by atoms with Gasteiger partial charge in [-0.3, -0.25) is 9.59 Å². The highest BCUT2D eigenvalue weighted by molar-refractivity contribution is 5.71. The van der Waals surface area contributed by atoms with Crippen LogP contribution in [-0.4, -0.2) is 22.2 Å². The van der Waals surface area contributed by atoms with Gasteiger partial charge < -0.3 is 10.2 Å². The lowest BCUT2D eigenvalue weighted by Crippen LogP contribution is -2.17. The second kappa shape index (κ2) is 3.51. The summed E-state index contributed by atoms with van der Waals surface area (Å²) in [6.07, 6.45) is 4.61. The Kier molecular flexibility index (Phi) is 2.44. The minimum Gasteiger partial charge on any atom is -0.481 e. The number of hydrogen-bond acceptors (Lipinski definition) is 2. The van der Waals surface area contributed by atoms with E-state index in [-0.39, 0.29) is 17.3 Å². The highest BCUT2D eigenvalue weighted by Crippen LogP contribution is 2.54. The van der Waals surface area contributed by atoms with Crippen molar-refractivity contribution in [1.29, 1.82) is 0 Å². The van der Waals surface area contributed by atoms with E-state index in [1.807, 2.05) is 0 Å². The van der Waals surface area contributed by atoms with E-state index in [9.17, 15) is 9.59 Å². The summed E-state index contributed by atoms with van der Waals surface area (Å²) in [4.78, 5) is 21.7. The molecular weight excluding hydrogens is 196 g/mol. The van der Waals surface area contributed by atoms with E-state index in [1.54, 1.807) is 0 Å². The molecule has 0 bridgehead atoms. The summed E-state index contributed by atoms with van der Waals surface area (Å²) in [6, 6.07) is 0. The fraction of sp³-hybridized carbons (Fsp3) is 0.818. The molecule has 1 spiro atoms. The number of carboxylic acids is 2. The van der Waals surface area contributed by atoms with Crippen molar-refractivity contribution in [2.24, 2.45) is 17.3 Å². The quantitative estimate of drug-likeness (QED) is 0.731. The summed E-state index contributed by atoms with van der Waals surface area (Å²) in [5.41, 5.74) is 0.0338. The van der Waals surface area contributed by atoms with Crippen LogP contribution in [0.5, 0.6) is 0 Å². The van der Waals surface area contributed by atoms with Crippen molar-refractivity contribution < 1.29 is 19.8 Å². The maximum absolute atomic E-state index is 10.8. The zero-order valence-corrected chi connectivity index (χ0v) is 8.61. The molecule has 0 aromatic rings. The summed E-state index contributed by atoms with van der Waals surface area (Å²) >= 11 is 0. The van der Waals surface area contributed by atoms with E-state index in [2.05, 4.69) is 0 Å². The fourth-order valence-corrected chi connectivity index (χ4v) is 3.25. The largest absolute Gasteiger partial charge is 0.481 e. The van der Waals surface area contributed by atoms with Crippen LogP contribution in [0.25, 0.3) is 0 Å². The van der Waals surface area contributed by atoms with Gasteiger partial charge in [-0.05, 0) is 43.9 Å². The van der Waals surface area contributed by atoms with Gasteiger partial charge in [-0.1, -0.05) is 0 Å². The van der Waals surface area contributed by atoms with Gasteiger partial charge in [0.1, 0.15) is 0 Å². The maximum atomic E-state index is 10.8. The molecule has 2 unspecified atom stereocenters. The minimum absolute atomic E-state index is 0.0338. The van der Waals surface area contributed by atoms with Gasteiger partial charge in [0, 0.05) is 0 Å². The number of aliphatic carboxylic acids is 2. The second-order valence-corrected chi connectivity index (χ2v) is 5.06. The van der Waals surface area contributed by atoms with Crippen LogP contribution in [0, 0.1) is 17.3 Å². The first-order chi connectivity index (χ1) is 7.02. The molecule has 15 heavy (non-hydrogen) atoms. The number of carbonyl (C=O) groups is 2. The third-order valence-electron chi connectivity index (χ3n) is 4.10. The molecule has 84 valence electrons. The summed E-state index contributed by atoms with van der Waals surface area (Å²) in [5, 5.41) is 17.8. The number of hydrogen-bond donors (Lipinski definition) is 2. The first kappa shape index (κ1) is 10.5. The highest BCUT2D eigenvalue weighted by atomic mass is 16.4. The van der Waals surface area contributed by atoms with E-state index in [0.29, 0.717) is 12.8 Å². The van der Waals surface area contributed by atoms with Gasteiger partial charge in [-0.15, -0.1) is 0 Å². The SMILES string of the molecule is O=C(O)C1CCC2(CCC(C(=O)O)C2)C1. The van der Waals surface area contributed by atoms with Gasteiger partial charge in [-0.25, -0.2) is 0 Å². The lowest BCUT2D eigenvalue weighted by Gasteiger charge is -2.22. The molecule has 2 aliphatic rings. The Morgan fingerprint density at radius 3 is 1.60 bits per heavy atom. The van der Waals surface area contributed by atoms with E-state index in [0.717, 1.165) is 25.7 Å². The number of carboxylic acid groups (broad SMARTS) is 2. The molecule has 4 nitrogen and oxygen atoms in total. The predicted octanol–water partition coefficient (Wildman–Crippen LogP) is 1.74. The van der Waals surface area contributed by atoms with Crippen LogP contribution in [0.3, 0.4) is 0 Å². The van der Waals surface area contributed by atoms with Crippen molar-refractivity contribution in [2.75, 3.05) is 0 Å². The molecule has 2 saturated carbocycles. The van der Waals surface area contributed by atoms with E-state index < -0.39 is 11.9 Å². The molecule has 0 aromatic carbocycles. The Bertz CT molecular complexity index is 267. The third kappa shape index (κ3) is 1.85. The van der Waals surface area contributed by atoms with Crippen LogP contribution < -0.4 is 0 Å². The summed E-state index contributed by atoms with van der Waals surface area (Å²) < 4.78 is 0. The predicted molar refractivity (Wildman–Crippen MR) is 52.4 cm³/mol. The lowest BCUT2D eigenvalue weighted by atomic mass is 9.83. The molecule has 0 heterocycles. The Morgan fingerprint density at radius 1 is 0.933 bits per heavy atom. The van der Waals surface area contributed by atoms with Crippen LogP contribution in [0.2, 0.25) is 0 Å². The minimum atomic E-state index is -0.717. The van der Waals surface area contributed by atoms with Crippen molar-refractivity contribution in [3.05, 3.63) is 0 Å². The summed E-state index contributed by atoms with van der Waals surface area (Å²) in [5.74, 6) is -1.91. The lowest BCUT2D eigenvalue weighted by molar-refractivity contribution is -0.142. The van der Waals surface area contributed by atoms with Crippen molar-refractivity contribution in [3.63, 3.8) is 0 Å². The molecule has 0 aromatic heterocycles. The van der Waals surface area contributed by atoms with Gasteiger partial charge in [0.2, 0.25) is 0 Å². The second-order valence-electron chi connectivity index (χ2n) is 5.06. The molecule has 2 N–H and O–H groups in total. The normalized spacial score (nSPS) is 39.7. The highest BCUT2D eigenvalue weighted by Gasteiger charge is 2.47. The van der Waals surface area contributed by atoms with Crippen molar-refractivity contribution in [3.8, 4) is 0 Å². The van der Waals surface area contributed by atoms with E-state index in [1.165, 1.54) is 0 Å². The van der Waals surface area contributed by atoms with Crippen LogP contribution in [0.4, 0.5) is 0 Å². The van der Waals surface area contributed by atoms with Gasteiger partial charge >= 0.3 is 11.9 Å². The molecule has 0 radical (unpaired) electrons. The van der Waals surface area contributed by atoms with E-state index in [4.69, 9.17) is 10.2 Å². The molecule has 2 fully saturated rings. The molecule has 2 rings (SSSR count). The zero-order chi connectivity index (χ0) is 11.1. The van der Waals surface area contributed by atoms with Gasteiger partial charge in [0.15, 0.2) is 0 Å². The van der Waals surface area contributed by atoms with Crippen LogP contribution >= 0.6 is 0 Å². The monoisotopic (exact) mass is 212 g/mol. The summed E-state index contributed by atoms with van der Waals surface area (Å²) in [7, 11) is 0. The molecule has 0 aliphatic heterocycles. The zero-order valence-electron chi connectivity index (χ0n) is 8.61. The average molecular weight is 212 g/mol. The van der Waals surface area contributed by atoms with Gasteiger partial charge in [0.05, 0.1) is 11.8 Å². The molecular formula is C11H16O4. The first-order valence-electron chi connectivity index (χ1n) is 5.48. The molecule has 0 saturated heterocycles. The topological polar surface area (TPSA) is 74.6 Å². The molecule has 4 heteroatoms. The van der Waals surface area contributed by atoms with Gasteiger partial charge in [0.25, 0.3) is 0 Å². The standard InChI is InChI=1S/C11H16O4/c12-9(13)7-1-3-11(5-7)4-2-8(6-11)10(14)15/h7-8H,1-6H2,(H,12,13)(H,14,15). The van der Waals surface area contributed by atoms with E-state index >= 15 is 0 Å². The van der Waals surface area contributed by atoms with Crippen molar-refractivity contribution in [1.82, 2.24) is 0 Å². The Balaban J connectivity index is 2.00.